The molecule has 0 aliphatic carbocycles. The van der Waals surface area contributed by atoms with Gasteiger partial charge in [0.15, 0.2) is 0 Å². The maximum atomic E-state index is 5.96. The molecule has 2 rings (SSSR count). The van der Waals surface area contributed by atoms with Crippen molar-refractivity contribution < 1.29 is 4.74 Å². The van der Waals surface area contributed by atoms with Crippen molar-refractivity contribution in [2.24, 2.45) is 11.8 Å². The van der Waals surface area contributed by atoms with Crippen LogP contribution in [0, 0.1) is 18.8 Å². The summed E-state index contributed by atoms with van der Waals surface area (Å²) < 4.78 is 5.96. The van der Waals surface area contributed by atoms with Crippen LogP contribution in [0.5, 0.6) is 5.75 Å². The number of hydrogen-bond acceptors (Lipinski definition) is 3. The van der Waals surface area contributed by atoms with Crippen molar-refractivity contribution in [3.8, 4) is 17.0 Å². The first-order valence-corrected chi connectivity index (χ1v) is 8.06. The van der Waals surface area contributed by atoms with E-state index in [9.17, 15) is 0 Å². The number of benzene rings is 1. The van der Waals surface area contributed by atoms with Gasteiger partial charge in [-0.1, -0.05) is 20.8 Å². The van der Waals surface area contributed by atoms with Crippen LogP contribution < -0.4 is 4.74 Å². The molecular formula is C18H23ClN2O. The van der Waals surface area contributed by atoms with Crippen LogP contribution in [0.15, 0.2) is 30.5 Å². The van der Waals surface area contributed by atoms with Crippen LogP contribution in [0.1, 0.15) is 32.8 Å². The van der Waals surface area contributed by atoms with Crippen molar-refractivity contribution in [1.82, 2.24) is 9.97 Å². The third-order valence-electron chi connectivity index (χ3n) is 3.49. The number of nitrogens with zero attached hydrogens (tertiary/aromatic N) is 2. The van der Waals surface area contributed by atoms with Gasteiger partial charge in [0.25, 0.3) is 0 Å². The summed E-state index contributed by atoms with van der Waals surface area (Å²) in [5.74, 6) is 2.18. The van der Waals surface area contributed by atoms with Crippen LogP contribution in [0.4, 0.5) is 0 Å². The van der Waals surface area contributed by atoms with Gasteiger partial charge in [0.2, 0.25) is 5.28 Å². The highest BCUT2D eigenvalue weighted by Crippen LogP contribution is 2.26. The van der Waals surface area contributed by atoms with E-state index in [1.165, 1.54) is 6.42 Å². The highest BCUT2D eigenvalue weighted by atomic mass is 35.5. The molecule has 0 N–H and O–H groups in total. The largest absolute Gasteiger partial charge is 0.493 e. The molecule has 1 aromatic carbocycles. The number of ether oxygens (including phenoxy) is 1. The fourth-order valence-corrected chi connectivity index (χ4v) is 2.72. The quantitative estimate of drug-likeness (QED) is 0.689. The second kappa shape index (κ2) is 7.59. The SMILES string of the molecule is Cc1cc(-c2ccnc(Cl)n2)ccc1OC[C@@H](C)CC(C)C. The Hall–Kier alpha value is -1.61. The van der Waals surface area contributed by atoms with Crippen LogP contribution in [0.3, 0.4) is 0 Å². The zero-order chi connectivity index (χ0) is 16.1. The predicted molar refractivity (Wildman–Crippen MR) is 91.3 cm³/mol. The molecule has 0 saturated heterocycles. The third-order valence-corrected chi connectivity index (χ3v) is 3.68. The average molecular weight is 319 g/mol. The van der Waals surface area contributed by atoms with Gasteiger partial charge in [-0.2, -0.15) is 0 Å². The Morgan fingerprint density at radius 1 is 1.18 bits per heavy atom. The van der Waals surface area contributed by atoms with E-state index in [0.29, 0.717) is 11.8 Å². The van der Waals surface area contributed by atoms with Crippen molar-refractivity contribution >= 4 is 11.6 Å². The van der Waals surface area contributed by atoms with Gasteiger partial charge in [0, 0.05) is 11.8 Å². The van der Waals surface area contributed by atoms with Crippen LogP contribution >= 0.6 is 11.6 Å². The van der Waals surface area contributed by atoms with Gasteiger partial charge in [-0.25, -0.2) is 9.97 Å². The summed E-state index contributed by atoms with van der Waals surface area (Å²) in [7, 11) is 0. The number of rotatable bonds is 6. The minimum Gasteiger partial charge on any atom is -0.493 e. The first kappa shape index (κ1) is 16.8. The Balaban J connectivity index is 2.07. The van der Waals surface area contributed by atoms with Crippen molar-refractivity contribution in [2.45, 2.75) is 34.1 Å². The molecule has 1 atom stereocenters. The number of aryl methyl sites for hydroxylation is 1. The summed E-state index contributed by atoms with van der Waals surface area (Å²) in [6, 6.07) is 7.93. The lowest BCUT2D eigenvalue weighted by atomic mass is 10.00. The standard InChI is InChI=1S/C18H23ClN2O/c1-12(2)9-13(3)11-22-17-6-5-15(10-14(17)4)16-7-8-20-18(19)21-16/h5-8,10,12-13H,9,11H2,1-4H3/t13-/m0/s1. The average Bonchev–Trinajstić information content (AvgIpc) is 2.45. The predicted octanol–water partition coefficient (Wildman–Crippen LogP) is 5.17. The fourth-order valence-electron chi connectivity index (χ4n) is 2.57. The van der Waals surface area contributed by atoms with Crippen molar-refractivity contribution in [3.05, 3.63) is 41.3 Å². The van der Waals surface area contributed by atoms with Crippen LogP contribution in [-0.2, 0) is 0 Å². The van der Waals surface area contributed by atoms with E-state index >= 15 is 0 Å². The Labute approximate surface area is 137 Å². The van der Waals surface area contributed by atoms with Gasteiger partial charge in [-0.15, -0.1) is 0 Å². The van der Waals surface area contributed by atoms with Crippen molar-refractivity contribution in [1.29, 1.82) is 0 Å². The van der Waals surface area contributed by atoms with Gasteiger partial charge < -0.3 is 4.74 Å². The number of hydrogen-bond donors (Lipinski definition) is 0. The first-order valence-electron chi connectivity index (χ1n) is 7.68. The smallest absolute Gasteiger partial charge is 0.222 e. The minimum atomic E-state index is 0.262. The Kier molecular flexibility index (Phi) is 5.78. The summed E-state index contributed by atoms with van der Waals surface area (Å²) in [5.41, 5.74) is 2.94. The zero-order valence-electron chi connectivity index (χ0n) is 13.6. The van der Waals surface area contributed by atoms with Gasteiger partial charge >= 0.3 is 0 Å². The molecule has 0 bridgehead atoms. The van der Waals surface area contributed by atoms with E-state index in [1.54, 1.807) is 6.20 Å². The molecule has 3 nitrogen and oxygen atoms in total. The molecule has 0 saturated carbocycles. The van der Waals surface area contributed by atoms with E-state index in [-0.39, 0.29) is 5.28 Å². The number of aromatic nitrogens is 2. The second-order valence-corrected chi connectivity index (χ2v) is 6.57. The molecule has 1 heterocycles. The van der Waals surface area contributed by atoms with Crippen LogP contribution in [0.2, 0.25) is 5.28 Å². The molecule has 0 radical (unpaired) electrons. The zero-order valence-corrected chi connectivity index (χ0v) is 14.4. The van der Waals surface area contributed by atoms with E-state index in [4.69, 9.17) is 16.3 Å². The summed E-state index contributed by atoms with van der Waals surface area (Å²) in [6.45, 7) is 9.51. The molecule has 4 heteroatoms. The maximum Gasteiger partial charge on any atom is 0.222 e. The van der Waals surface area contributed by atoms with E-state index < -0.39 is 0 Å². The summed E-state index contributed by atoms with van der Waals surface area (Å²) >= 11 is 5.84. The van der Waals surface area contributed by atoms with E-state index in [2.05, 4.69) is 43.7 Å². The fraction of sp³-hybridized carbons (Fsp3) is 0.444. The van der Waals surface area contributed by atoms with Crippen LogP contribution in [-0.4, -0.2) is 16.6 Å². The summed E-state index contributed by atoms with van der Waals surface area (Å²) in [6.07, 6.45) is 2.84. The van der Waals surface area contributed by atoms with Gasteiger partial charge in [0.05, 0.1) is 12.3 Å². The lowest BCUT2D eigenvalue weighted by molar-refractivity contribution is 0.238. The highest BCUT2D eigenvalue weighted by molar-refractivity contribution is 6.28. The Bertz CT molecular complexity index is 628. The van der Waals surface area contributed by atoms with Gasteiger partial charge in [-0.05, 0) is 66.6 Å². The van der Waals surface area contributed by atoms with Crippen molar-refractivity contribution in [2.75, 3.05) is 6.61 Å². The first-order chi connectivity index (χ1) is 10.5. The molecule has 0 amide bonds. The molecule has 0 unspecified atom stereocenters. The van der Waals surface area contributed by atoms with Gasteiger partial charge in [-0.3, -0.25) is 0 Å². The molecule has 0 fully saturated rings. The molecule has 0 aliphatic rings. The normalized spacial score (nSPS) is 12.5. The molecule has 118 valence electrons. The lowest BCUT2D eigenvalue weighted by Crippen LogP contribution is -2.11. The molecule has 0 spiro atoms. The van der Waals surface area contributed by atoms with Gasteiger partial charge in [0.1, 0.15) is 5.75 Å². The maximum absolute atomic E-state index is 5.96. The molecule has 2 aromatic rings. The Morgan fingerprint density at radius 3 is 2.59 bits per heavy atom. The monoisotopic (exact) mass is 318 g/mol. The topological polar surface area (TPSA) is 35.0 Å². The van der Waals surface area contributed by atoms with E-state index in [0.717, 1.165) is 29.2 Å². The minimum absolute atomic E-state index is 0.262. The second-order valence-electron chi connectivity index (χ2n) is 6.24. The molecule has 22 heavy (non-hydrogen) atoms. The van der Waals surface area contributed by atoms with Crippen molar-refractivity contribution in [3.63, 3.8) is 0 Å². The molecule has 0 aliphatic heterocycles. The Morgan fingerprint density at radius 2 is 1.95 bits per heavy atom. The lowest BCUT2D eigenvalue weighted by Gasteiger charge is -2.16. The molecule has 1 aromatic heterocycles. The third kappa shape index (κ3) is 4.70. The molecular weight excluding hydrogens is 296 g/mol. The highest BCUT2D eigenvalue weighted by Gasteiger charge is 2.09. The van der Waals surface area contributed by atoms with Crippen LogP contribution in [0.25, 0.3) is 11.3 Å². The number of halogens is 1. The van der Waals surface area contributed by atoms with E-state index in [1.807, 2.05) is 18.2 Å². The summed E-state index contributed by atoms with van der Waals surface area (Å²) in [4.78, 5) is 8.14. The summed E-state index contributed by atoms with van der Waals surface area (Å²) in [5, 5.41) is 0.262.